The maximum atomic E-state index is 4.62. The monoisotopic (exact) mass is 172 g/mol. The van der Waals surface area contributed by atoms with E-state index in [-0.39, 0.29) is 0 Å². The molecule has 0 amide bonds. The zero-order valence-electron chi connectivity index (χ0n) is 7.67. The van der Waals surface area contributed by atoms with Gasteiger partial charge in [0.15, 0.2) is 0 Å². The third kappa shape index (κ3) is 1.05. The Morgan fingerprint density at radius 3 is 2.92 bits per heavy atom. The van der Waals surface area contributed by atoms with Gasteiger partial charge in [0.2, 0.25) is 0 Å². The van der Waals surface area contributed by atoms with Gasteiger partial charge in [-0.25, -0.2) is 4.98 Å². The van der Waals surface area contributed by atoms with Crippen LogP contribution in [-0.2, 0) is 0 Å². The van der Waals surface area contributed by atoms with Crippen molar-refractivity contribution in [1.82, 2.24) is 9.97 Å². The van der Waals surface area contributed by atoms with Crippen LogP contribution in [0.5, 0.6) is 0 Å². The molecule has 1 aliphatic rings. The highest BCUT2D eigenvalue weighted by Gasteiger charge is 2.26. The van der Waals surface area contributed by atoms with Crippen molar-refractivity contribution in [2.75, 3.05) is 0 Å². The number of fused-ring (bicyclic) bond motifs is 1. The summed E-state index contributed by atoms with van der Waals surface area (Å²) < 4.78 is 0. The molecule has 2 aromatic rings. The van der Waals surface area contributed by atoms with Gasteiger partial charge in [0.25, 0.3) is 0 Å². The minimum absolute atomic E-state index is 0.715. The quantitative estimate of drug-likeness (QED) is 0.704. The lowest BCUT2D eigenvalue weighted by Gasteiger charge is -1.90. The Balaban J connectivity index is 2.26. The van der Waals surface area contributed by atoms with E-state index in [1.807, 2.05) is 0 Å². The van der Waals surface area contributed by atoms with Gasteiger partial charge < -0.3 is 4.98 Å². The van der Waals surface area contributed by atoms with Crippen LogP contribution >= 0.6 is 0 Å². The van der Waals surface area contributed by atoms with Gasteiger partial charge in [-0.1, -0.05) is 12.1 Å². The van der Waals surface area contributed by atoms with E-state index in [1.54, 1.807) is 0 Å². The lowest BCUT2D eigenvalue weighted by molar-refractivity contribution is 0.986. The molecule has 0 bridgehead atoms. The maximum absolute atomic E-state index is 4.62. The lowest BCUT2D eigenvalue weighted by Crippen LogP contribution is -1.80. The number of aromatic amines is 1. The van der Waals surface area contributed by atoms with Crippen LogP contribution in [0, 0.1) is 6.92 Å². The molecule has 0 radical (unpaired) electrons. The Hall–Kier alpha value is -1.31. The van der Waals surface area contributed by atoms with E-state index in [0.717, 1.165) is 5.52 Å². The predicted molar refractivity (Wildman–Crippen MR) is 52.8 cm³/mol. The average Bonchev–Trinajstić information content (AvgIpc) is 2.87. The molecular formula is C11H12N2. The summed E-state index contributed by atoms with van der Waals surface area (Å²) in [7, 11) is 0. The molecule has 0 unspecified atom stereocenters. The Labute approximate surface area is 77.0 Å². The minimum atomic E-state index is 0.715. The molecule has 0 atom stereocenters. The third-order valence-corrected chi connectivity index (χ3v) is 2.70. The minimum Gasteiger partial charge on any atom is -0.342 e. The first-order valence-electron chi connectivity index (χ1n) is 4.80. The van der Waals surface area contributed by atoms with Crippen LogP contribution in [0.15, 0.2) is 18.2 Å². The first kappa shape index (κ1) is 7.13. The molecule has 1 N–H and O–H groups in total. The van der Waals surface area contributed by atoms with Crippen molar-refractivity contribution in [2.45, 2.75) is 25.7 Å². The van der Waals surface area contributed by atoms with Gasteiger partial charge >= 0.3 is 0 Å². The fraction of sp³-hybridized carbons (Fsp3) is 0.364. The van der Waals surface area contributed by atoms with Crippen LogP contribution in [0.2, 0.25) is 0 Å². The Morgan fingerprint density at radius 2 is 2.23 bits per heavy atom. The summed E-state index contributed by atoms with van der Waals surface area (Å²) in [6, 6.07) is 6.29. The summed E-state index contributed by atoms with van der Waals surface area (Å²) >= 11 is 0. The molecule has 1 aromatic carbocycles. The topological polar surface area (TPSA) is 28.7 Å². The summed E-state index contributed by atoms with van der Waals surface area (Å²) in [5, 5.41) is 0. The van der Waals surface area contributed by atoms with Crippen molar-refractivity contribution in [1.29, 1.82) is 0 Å². The normalized spacial score (nSPS) is 16.7. The van der Waals surface area contributed by atoms with Crippen molar-refractivity contribution >= 4 is 11.0 Å². The average molecular weight is 172 g/mol. The SMILES string of the molecule is Cc1cccc2[nH]c(C3CC3)nc12. The summed E-state index contributed by atoms with van der Waals surface area (Å²) in [5.74, 6) is 1.90. The smallest absolute Gasteiger partial charge is 0.110 e. The van der Waals surface area contributed by atoms with Crippen LogP contribution in [0.3, 0.4) is 0 Å². The number of aryl methyl sites for hydroxylation is 1. The molecule has 1 aliphatic carbocycles. The molecule has 2 heteroatoms. The van der Waals surface area contributed by atoms with Crippen LogP contribution in [0.4, 0.5) is 0 Å². The van der Waals surface area contributed by atoms with Gasteiger partial charge in [-0.2, -0.15) is 0 Å². The standard InChI is InChI=1S/C11H12N2/c1-7-3-2-4-9-10(7)13-11(12-9)8-5-6-8/h2-4,8H,5-6H2,1H3,(H,12,13). The van der Waals surface area contributed by atoms with E-state index in [0.29, 0.717) is 5.92 Å². The highest BCUT2D eigenvalue weighted by Crippen LogP contribution is 2.39. The van der Waals surface area contributed by atoms with Crippen molar-refractivity contribution < 1.29 is 0 Å². The zero-order chi connectivity index (χ0) is 8.84. The maximum Gasteiger partial charge on any atom is 0.110 e. The molecule has 13 heavy (non-hydrogen) atoms. The fourth-order valence-corrected chi connectivity index (χ4v) is 1.74. The number of rotatable bonds is 1. The second-order valence-electron chi connectivity index (χ2n) is 3.87. The summed E-state index contributed by atoms with van der Waals surface area (Å²) in [6.07, 6.45) is 2.61. The Morgan fingerprint density at radius 1 is 1.38 bits per heavy atom. The number of nitrogens with zero attached hydrogens (tertiary/aromatic N) is 1. The molecule has 1 heterocycles. The van der Waals surface area contributed by atoms with Crippen molar-refractivity contribution in [3.8, 4) is 0 Å². The molecule has 0 spiro atoms. The van der Waals surface area contributed by atoms with Gasteiger partial charge in [-0.15, -0.1) is 0 Å². The largest absolute Gasteiger partial charge is 0.342 e. The zero-order valence-corrected chi connectivity index (χ0v) is 7.67. The van der Waals surface area contributed by atoms with Gasteiger partial charge in [-0.05, 0) is 31.4 Å². The molecule has 1 aromatic heterocycles. The van der Waals surface area contributed by atoms with Crippen molar-refractivity contribution in [3.05, 3.63) is 29.6 Å². The number of hydrogen-bond donors (Lipinski definition) is 1. The number of H-pyrrole nitrogens is 1. The van der Waals surface area contributed by atoms with E-state index in [2.05, 4.69) is 35.1 Å². The fourth-order valence-electron chi connectivity index (χ4n) is 1.74. The highest BCUT2D eigenvalue weighted by atomic mass is 14.9. The number of para-hydroxylation sites is 1. The van der Waals surface area contributed by atoms with E-state index >= 15 is 0 Å². The Kier molecular flexibility index (Phi) is 1.29. The summed E-state index contributed by atoms with van der Waals surface area (Å²) in [4.78, 5) is 8.01. The number of hydrogen-bond acceptors (Lipinski definition) is 1. The predicted octanol–water partition coefficient (Wildman–Crippen LogP) is 2.75. The van der Waals surface area contributed by atoms with E-state index < -0.39 is 0 Å². The summed E-state index contributed by atoms with van der Waals surface area (Å²) in [6.45, 7) is 2.11. The van der Waals surface area contributed by atoms with Crippen LogP contribution in [-0.4, -0.2) is 9.97 Å². The molecule has 1 fully saturated rings. The molecule has 66 valence electrons. The van der Waals surface area contributed by atoms with Crippen LogP contribution < -0.4 is 0 Å². The van der Waals surface area contributed by atoms with Crippen molar-refractivity contribution in [3.63, 3.8) is 0 Å². The molecular weight excluding hydrogens is 160 g/mol. The van der Waals surface area contributed by atoms with E-state index in [1.165, 1.54) is 29.7 Å². The molecule has 0 saturated heterocycles. The lowest BCUT2D eigenvalue weighted by atomic mass is 10.2. The number of benzene rings is 1. The van der Waals surface area contributed by atoms with Gasteiger partial charge in [0.1, 0.15) is 5.82 Å². The molecule has 1 saturated carbocycles. The third-order valence-electron chi connectivity index (χ3n) is 2.70. The first-order valence-corrected chi connectivity index (χ1v) is 4.80. The van der Waals surface area contributed by atoms with Crippen molar-refractivity contribution in [2.24, 2.45) is 0 Å². The van der Waals surface area contributed by atoms with Crippen LogP contribution in [0.1, 0.15) is 30.1 Å². The van der Waals surface area contributed by atoms with Crippen LogP contribution in [0.25, 0.3) is 11.0 Å². The molecule has 3 rings (SSSR count). The van der Waals surface area contributed by atoms with Gasteiger partial charge in [0, 0.05) is 5.92 Å². The second-order valence-corrected chi connectivity index (χ2v) is 3.87. The Bertz CT molecular complexity index is 452. The number of imidazole rings is 1. The molecule has 0 aliphatic heterocycles. The molecule has 2 nitrogen and oxygen atoms in total. The van der Waals surface area contributed by atoms with E-state index in [4.69, 9.17) is 0 Å². The summed E-state index contributed by atoms with van der Waals surface area (Å²) in [5.41, 5.74) is 3.59. The number of nitrogens with one attached hydrogen (secondary N) is 1. The first-order chi connectivity index (χ1) is 6.34. The number of aromatic nitrogens is 2. The van der Waals surface area contributed by atoms with Gasteiger partial charge in [-0.3, -0.25) is 0 Å². The second kappa shape index (κ2) is 2.34. The van der Waals surface area contributed by atoms with Gasteiger partial charge in [0.05, 0.1) is 11.0 Å². The van der Waals surface area contributed by atoms with E-state index in [9.17, 15) is 0 Å². The highest BCUT2D eigenvalue weighted by molar-refractivity contribution is 5.78.